The first-order chi connectivity index (χ1) is 8.85. The average Bonchev–Trinajstić information content (AvgIpc) is 2.38. The van der Waals surface area contributed by atoms with E-state index in [0.29, 0.717) is 19.0 Å². The number of piperidine rings is 1. The van der Waals surface area contributed by atoms with E-state index in [1.165, 1.54) is 16.7 Å². The zero-order valence-corrected chi connectivity index (χ0v) is 12.4. The summed E-state index contributed by atoms with van der Waals surface area (Å²) in [6, 6.07) is 0. The second-order valence-electron chi connectivity index (χ2n) is 5.56. The van der Waals surface area contributed by atoms with Crippen LogP contribution in [0.5, 0.6) is 0 Å². The van der Waals surface area contributed by atoms with Crippen molar-refractivity contribution in [1.29, 1.82) is 0 Å². The summed E-state index contributed by atoms with van der Waals surface area (Å²) in [5, 5.41) is 2.77. The smallest absolute Gasteiger partial charge is 0.246 e. The van der Waals surface area contributed by atoms with Crippen LogP contribution in [0.15, 0.2) is 17.3 Å². The van der Waals surface area contributed by atoms with Crippen LogP contribution in [-0.2, 0) is 10.0 Å². The first kappa shape index (κ1) is 14.2. The lowest BCUT2D eigenvalue weighted by molar-refractivity contribution is 0.196. The predicted octanol–water partition coefficient (Wildman–Crippen LogP) is 1.33. The molecule has 2 rings (SSSR count). The van der Waals surface area contributed by atoms with Gasteiger partial charge in [-0.25, -0.2) is 18.4 Å². The van der Waals surface area contributed by atoms with Gasteiger partial charge in [0.15, 0.2) is 0 Å². The Hall–Kier alpha value is -1.21. The summed E-state index contributed by atoms with van der Waals surface area (Å²) in [6.45, 7) is 5.45. The van der Waals surface area contributed by atoms with Crippen molar-refractivity contribution in [2.75, 3.05) is 25.5 Å². The van der Waals surface area contributed by atoms with Gasteiger partial charge in [0.25, 0.3) is 0 Å². The number of rotatable bonds is 3. The van der Waals surface area contributed by atoms with Gasteiger partial charge < -0.3 is 5.32 Å². The van der Waals surface area contributed by atoms with Gasteiger partial charge in [-0.2, -0.15) is 4.31 Å². The molecule has 1 aromatic rings. The third-order valence-electron chi connectivity index (χ3n) is 3.57. The van der Waals surface area contributed by atoms with Gasteiger partial charge in [0.2, 0.25) is 16.0 Å². The largest absolute Gasteiger partial charge is 0.357 e. The maximum absolute atomic E-state index is 12.4. The molecular formula is C12H20N4O2S. The fraction of sp³-hybridized carbons (Fsp3) is 0.667. The Morgan fingerprint density at radius 1 is 1.21 bits per heavy atom. The van der Waals surface area contributed by atoms with Crippen LogP contribution >= 0.6 is 0 Å². The van der Waals surface area contributed by atoms with Crippen LogP contribution in [0.4, 0.5) is 5.95 Å². The molecule has 6 nitrogen and oxygen atoms in total. The minimum absolute atomic E-state index is 0.159. The molecule has 0 aliphatic carbocycles. The van der Waals surface area contributed by atoms with Crippen LogP contribution in [-0.4, -0.2) is 42.8 Å². The van der Waals surface area contributed by atoms with Gasteiger partial charge >= 0.3 is 0 Å². The summed E-state index contributed by atoms with van der Waals surface area (Å²) >= 11 is 0. The van der Waals surface area contributed by atoms with Crippen molar-refractivity contribution in [2.24, 2.45) is 5.41 Å². The SMILES string of the molecule is CNc1ncc(S(=O)(=O)N2CCC(C)(C)CC2)cn1. The number of hydrogen-bond donors (Lipinski definition) is 1. The Balaban J connectivity index is 2.18. The standard InChI is InChI=1S/C12H20N4O2S/c1-12(2)4-6-16(7-5-12)19(17,18)10-8-14-11(13-3)15-9-10/h8-9H,4-7H2,1-3H3,(H,13,14,15). The molecule has 0 unspecified atom stereocenters. The first-order valence-corrected chi connectivity index (χ1v) is 7.79. The Labute approximate surface area is 114 Å². The molecule has 1 N–H and O–H groups in total. The average molecular weight is 284 g/mol. The summed E-state index contributed by atoms with van der Waals surface area (Å²) in [4.78, 5) is 8.08. The molecule has 1 saturated heterocycles. The van der Waals surface area contributed by atoms with Crippen LogP contribution in [0.2, 0.25) is 0 Å². The minimum Gasteiger partial charge on any atom is -0.357 e. The number of nitrogens with one attached hydrogen (secondary N) is 1. The maximum Gasteiger partial charge on any atom is 0.246 e. The Morgan fingerprint density at radius 2 is 1.74 bits per heavy atom. The molecule has 106 valence electrons. The van der Waals surface area contributed by atoms with E-state index in [2.05, 4.69) is 29.1 Å². The molecule has 0 bridgehead atoms. The zero-order valence-electron chi connectivity index (χ0n) is 11.5. The number of aromatic nitrogens is 2. The molecule has 1 aliphatic heterocycles. The Kier molecular flexibility index (Phi) is 3.78. The molecule has 7 heteroatoms. The van der Waals surface area contributed by atoms with Crippen molar-refractivity contribution in [2.45, 2.75) is 31.6 Å². The first-order valence-electron chi connectivity index (χ1n) is 6.35. The van der Waals surface area contributed by atoms with Crippen molar-refractivity contribution in [3.63, 3.8) is 0 Å². The normalized spacial score (nSPS) is 20.2. The van der Waals surface area contributed by atoms with Gasteiger partial charge in [0.05, 0.1) is 12.4 Å². The highest BCUT2D eigenvalue weighted by atomic mass is 32.2. The fourth-order valence-corrected chi connectivity index (χ4v) is 3.39. The van der Waals surface area contributed by atoms with Gasteiger partial charge in [-0.3, -0.25) is 0 Å². The van der Waals surface area contributed by atoms with E-state index in [1.807, 2.05) is 0 Å². The molecule has 0 atom stereocenters. The highest BCUT2D eigenvalue weighted by molar-refractivity contribution is 7.89. The van der Waals surface area contributed by atoms with Gasteiger partial charge in [0, 0.05) is 20.1 Å². The lowest BCUT2D eigenvalue weighted by Gasteiger charge is -2.35. The lowest BCUT2D eigenvalue weighted by Crippen LogP contribution is -2.41. The number of hydrogen-bond acceptors (Lipinski definition) is 5. The van der Waals surface area contributed by atoms with Crippen LogP contribution in [0, 0.1) is 5.41 Å². The highest BCUT2D eigenvalue weighted by Crippen LogP contribution is 2.32. The van der Waals surface area contributed by atoms with Gasteiger partial charge in [-0.1, -0.05) is 13.8 Å². The van der Waals surface area contributed by atoms with Gasteiger partial charge in [-0.15, -0.1) is 0 Å². The molecule has 19 heavy (non-hydrogen) atoms. The Morgan fingerprint density at radius 3 is 2.21 bits per heavy atom. The summed E-state index contributed by atoms with van der Waals surface area (Å²) in [5.41, 5.74) is 0.221. The second-order valence-corrected chi connectivity index (χ2v) is 7.50. The summed E-state index contributed by atoms with van der Waals surface area (Å²) in [6.07, 6.45) is 4.46. The van der Waals surface area contributed by atoms with Crippen LogP contribution in [0.1, 0.15) is 26.7 Å². The molecular weight excluding hydrogens is 264 g/mol. The van der Waals surface area contributed by atoms with Crippen LogP contribution in [0.3, 0.4) is 0 Å². The summed E-state index contributed by atoms with van der Waals surface area (Å²) in [7, 11) is -1.77. The number of anilines is 1. The van der Waals surface area contributed by atoms with Gasteiger partial charge in [-0.05, 0) is 18.3 Å². The van der Waals surface area contributed by atoms with Crippen molar-refractivity contribution in [1.82, 2.24) is 14.3 Å². The van der Waals surface area contributed by atoms with Crippen molar-refractivity contribution in [3.05, 3.63) is 12.4 Å². The molecule has 1 aromatic heterocycles. The maximum atomic E-state index is 12.4. The zero-order chi connectivity index (χ0) is 14.1. The van der Waals surface area contributed by atoms with Gasteiger partial charge in [0.1, 0.15) is 4.90 Å². The highest BCUT2D eigenvalue weighted by Gasteiger charge is 2.32. The quantitative estimate of drug-likeness (QED) is 0.906. The monoisotopic (exact) mass is 284 g/mol. The second kappa shape index (κ2) is 5.05. The lowest BCUT2D eigenvalue weighted by atomic mass is 9.83. The topological polar surface area (TPSA) is 75.2 Å². The molecule has 0 radical (unpaired) electrons. The number of sulfonamides is 1. The molecule has 1 aliphatic rings. The molecule has 2 heterocycles. The van der Waals surface area contributed by atoms with E-state index in [4.69, 9.17) is 0 Å². The predicted molar refractivity (Wildman–Crippen MR) is 73.4 cm³/mol. The van der Waals surface area contributed by atoms with E-state index >= 15 is 0 Å². The van der Waals surface area contributed by atoms with E-state index in [1.54, 1.807) is 7.05 Å². The number of nitrogens with zero attached hydrogens (tertiary/aromatic N) is 3. The third-order valence-corrected chi connectivity index (χ3v) is 5.42. The minimum atomic E-state index is -3.46. The summed E-state index contributed by atoms with van der Waals surface area (Å²) in [5.74, 6) is 0.415. The van der Waals surface area contributed by atoms with E-state index in [9.17, 15) is 8.42 Å². The Bertz CT molecular complexity index is 529. The molecule has 0 saturated carbocycles. The van der Waals surface area contributed by atoms with Crippen molar-refractivity contribution in [3.8, 4) is 0 Å². The molecule has 0 amide bonds. The fourth-order valence-electron chi connectivity index (χ4n) is 2.06. The van der Waals surface area contributed by atoms with Crippen molar-refractivity contribution < 1.29 is 8.42 Å². The molecule has 1 fully saturated rings. The molecule has 0 aromatic carbocycles. The van der Waals surface area contributed by atoms with E-state index < -0.39 is 10.0 Å². The van der Waals surface area contributed by atoms with Crippen LogP contribution in [0.25, 0.3) is 0 Å². The van der Waals surface area contributed by atoms with E-state index in [-0.39, 0.29) is 10.3 Å². The van der Waals surface area contributed by atoms with Crippen molar-refractivity contribution >= 4 is 16.0 Å². The third kappa shape index (κ3) is 3.03. The van der Waals surface area contributed by atoms with E-state index in [0.717, 1.165) is 12.8 Å². The summed E-state index contributed by atoms with van der Waals surface area (Å²) < 4.78 is 26.4. The molecule has 0 spiro atoms. The van der Waals surface area contributed by atoms with Crippen LogP contribution < -0.4 is 5.32 Å².